The molecule has 0 aliphatic heterocycles. The number of aliphatic hydroxyl groups excluding tert-OH is 1. The van der Waals surface area contributed by atoms with Gasteiger partial charge in [0.05, 0.1) is 5.56 Å². The molecule has 0 spiro atoms. The first-order chi connectivity index (χ1) is 6.86. The van der Waals surface area contributed by atoms with Gasteiger partial charge in [-0.1, -0.05) is 6.07 Å². The predicted molar refractivity (Wildman–Crippen MR) is 42.3 cm³/mol. The average Bonchev–Trinajstić information content (AvgIpc) is 2.15. The Bertz CT molecular complexity index is 347. The molecule has 1 aromatic rings. The molecule has 0 fully saturated rings. The highest BCUT2D eigenvalue weighted by Crippen LogP contribution is 2.35. The number of hydrogen-bond acceptors (Lipinski definition) is 1. The van der Waals surface area contributed by atoms with Crippen molar-refractivity contribution in [3.63, 3.8) is 0 Å². The van der Waals surface area contributed by atoms with Gasteiger partial charge in [-0.3, -0.25) is 0 Å². The quantitative estimate of drug-likeness (QED) is 0.769. The molecule has 0 aliphatic rings. The zero-order valence-electron chi connectivity index (χ0n) is 7.35. The number of hydrogen-bond donors (Lipinski definition) is 1. The van der Waals surface area contributed by atoms with Crippen LogP contribution in [0.5, 0.6) is 0 Å². The lowest BCUT2D eigenvalue weighted by molar-refractivity contribution is -0.139. The highest BCUT2D eigenvalue weighted by atomic mass is 19.4. The summed E-state index contributed by atoms with van der Waals surface area (Å²) in [5.41, 5.74) is -2.01. The Kier molecular flexibility index (Phi) is 3.28. The monoisotopic (exact) mass is 226 g/mol. The normalized spacial score (nSPS) is 14.0. The van der Waals surface area contributed by atoms with E-state index in [2.05, 4.69) is 0 Å². The van der Waals surface area contributed by atoms with E-state index >= 15 is 0 Å². The molecule has 1 N–H and O–H groups in total. The van der Waals surface area contributed by atoms with Crippen LogP contribution in [0.1, 0.15) is 17.2 Å². The lowest BCUT2D eigenvalue weighted by Gasteiger charge is -2.15. The molecule has 15 heavy (non-hydrogen) atoms. The average molecular weight is 226 g/mol. The number of benzene rings is 1. The Labute approximate surface area is 82.1 Å². The van der Waals surface area contributed by atoms with E-state index in [4.69, 9.17) is 5.11 Å². The molecule has 1 aromatic carbocycles. The number of halogens is 5. The Morgan fingerprint density at radius 3 is 2.33 bits per heavy atom. The van der Waals surface area contributed by atoms with Crippen molar-refractivity contribution in [1.29, 1.82) is 0 Å². The van der Waals surface area contributed by atoms with E-state index in [1.807, 2.05) is 0 Å². The molecule has 0 saturated carbocycles. The second-order valence-corrected chi connectivity index (χ2v) is 2.90. The van der Waals surface area contributed by atoms with E-state index in [9.17, 15) is 22.0 Å². The molecule has 1 nitrogen and oxygen atoms in total. The van der Waals surface area contributed by atoms with Gasteiger partial charge in [0, 0.05) is 0 Å². The fourth-order valence-corrected chi connectivity index (χ4v) is 1.15. The summed E-state index contributed by atoms with van der Waals surface area (Å²) in [7, 11) is 0. The molecule has 84 valence electrons. The standard InChI is InChI=1S/C9H7F5O/c10-4-8(15)6-2-1-5(11)3-7(6)9(12,13)14/h1-3,8,15H,4H2. The fraction of sp³-hybridized carbons (Fsp3) is 0.333. The second kappa shape index (κ2) is 4.14. The highest BCUT2D eigenvalue weighted by Gasteiger charge is 2.35. The van der Waals surface area contributed by atoms with Gasteiger partial charge >= 0.3 is 6.18 Å². The maximum absolute atomic E-state index is 12.6. The molecule has 1 rings (SSSR count). The first-order valence-electron chi connectivity index (χ1n) is 3.97. The maximum atomic E-state index is 12.6. The minimum absolute atomic E-state index is 0.230. The van der Waals surface area contributed by atoms with E-state index in [0.29, 0.717) is 0 Å². The SMILES string of the molecule is OC(CF)c1ccc(F)cc1C(F)(F)F. The molecule has 0 bridgehead atoms. The van der Waals surface area contributed by atoms with E-state index in [1.165, 1.54) is 0 Å². The number of alkyl halides is 4. The molecule has 1 atom stereocenters. The lowest BCUT2D eigenvalue weighted by Crippen LogP contribution is -2.13. The highest BCUT2D eigenvalue weighted by molar-refractivity contribution is 5.32. The molecule has 0 aliphatic carbocycles. The smallest absolute Gasteiger partial charge is 0.386 e. The molecule has 1 unspecified atom stereocenters. The summed E-state index contributed by atoms with van der Waals surface area (Å²) in [6.07, 6.45) is -6.70. The zero-order chi connectivity index (χ0) is 11.6. The maximum Gasteiger partial charge on any atom is 0.416 e. The van der Waals surface area contributed by atoms with E-state index < -0.39 is 35.9 Å². The molecule has 0 amide bonds. The number of aliphatic hydroxyl groups is 1. The Morgan fingerprint density at radius 1 is 1.27 bits per heavy atom. The molecular weight excluding hydrogens is 219 g/mol. The summed E-state index contributed by atoms with van der Waals surface area (Å²) in [6, 6.07) is 1.69. The van der Waals surface area contributed by atoms with Gasteiger partial charge in [-0.25, -0.2) is 8.78 Å². The van der Waals surface area contributed by atoms with E-state index in [0.717, 1.165) is 12.1 Å². The predicted octanol–water partition coefficient (Wildman–Crippen LogP) is 2.85. The number of rotatable bonds is 2. The minimum atomic E-state index is -4.81. The Hall–Kier alpha value is -1.17. The summed E-state index contributed by atoms with van der Waals surface area (Å²) >= 11 is 0. The third kappa shape index (κ3) is 2.65. The first-order valence-corrected chi connectivity index (χ1v) is 3.97. The van der Waals surface area contributed by atoms with Crippen molar-refractivity contribution in [3.05, 3.63) is 35.1 Å². The van der Waals surface area contributed by atoms with Gasteiger partial charge in [0.2, 0.25) is 0 Å². The van der Waals surface area contributed by atoms with Crippen molar-refractivity contribution in [2.24, 2.45) is 0 Å². The summed E-state index contributed by atoms with van der Waals surface area (Å²) < 4.78 is 61.6. The molecule has 0 radical (unpaired) electrons. The van der Waals surface area contributed by atoms with Crippen LogP contribution < -0.4 is 0 Å². The topological polar surface area (TPSA) is 20.2 Å². The molecule has 0 aromatic heterocycles. The van der Waals surface area contributed by atoms with Crippen molar-refractivity contribution in [1.82, 2.24) is 0 Å². The molecule has 0 heterocycles. The van der Waals surface area contributed by atoms with Gasteiger partial charge in [-0.05, 0) is 17.7 Å². The van der Waals surface area contributed by atoms with Crippen LogP contribution in [0.4, 0.5) is 22.0 Å². The second-order valence-electron chi connectivity index (χ2n) is 2.90. The van der Waals surface area contributed by atoms with Crippen LogP contribution in [-0.2, 0) is 6.18 Å². The van der Waals surface area contributed by atoms with Crippen LogP contribution in [-0.4, -0.2) is 11.8 Å². The van der Waals surface area contributed by atoms with Crippen molar-refractivity contribution in [3.8, 4) is 0 Å². The summed E-state index contributed by atoms with van der Waals surface area (Å²) in [5.74, 6) is -1.09. The van der Waals surface area contributed by atoms with Crippen molar-refractivity contribution in [2.75, 3.05) is 6.67 Å². The third-order valence-electron chi connectivity index (χ3n) is 1.83. The van der Waals surface area contributed by atoms with Gasteiger partial charge in [-0.15, -0.1) is 0 Å². The Balaban J connectivity index is 3.27. The van der Waals surface area contributed by atoms with Crippen LogP contribution in [0, 0.1) is 5.82 Å². The largest absolute Gasteiger partial charge is 0.416 e. The van der Waals surface area contributed by atoms with Gasteiger partial charge in [0.15, 0.2) is 0 Å². The van der Waals surface area contributed by atoms with E-state index in [-0.39, 0.29) is 6.07 Å². The van der Waals surface area contributed by atoms with Gasteiger partial charge in [0.1, 0.15) is 18.6 Å². The van der Waals surface area contributed by atoms with Crippen LogP contribution >= 0.6 is 0 Å². The minimum Gasteiger partial charge on any atom is -0.386 e. The third-order valence-corrected chi connectivity index (χ3v) is 1.83. The van der Waals surface area contributed by atoms with E-state index in [1.54, 1.807) is 0 Å². The Morgan fingerprint density at radius 2 is 1.87 bits per heavy atom. The fourth-order valence-electron chi connectivity index (χ4n) is 1.15. The van der Waals surface area contributed by atoms with Crippen LogP contribution in [0.2, 0.25) is 0 Å². The van der Waals surface area contributed by atoms with Crippen molar-refractivity contribution >= 4 is 0 Å². The van der Waals surface area contributed by atoms with Gasteiger partial charge < -0.3 is 5.11 Å². The molecule has 6 heteroatoms. The molecular formula is C9H7F5O. The van der Waals surface area contributed by atoms with Crippen LogP contribution in [0.15, 0.2) is 18.2 Å². The van der Waals surface area contributed by atoms with Gasteiger partial charge in [0.25, 0.3) is 0 Å². The van der Waals surface area contributed by atoms with Crippen LogP contribution in [0.3, 0.4) is 0 Å². The summed E-state index contributed by atoms with van der Waals surface area (Å²) in [6.45, 7) is -1.35. The summed E-state index contributed by atoms with van der Waals surface area (Å²) in [4.78, 5) is 0. The molecule has 0 saturated heterocycles. The summed E-state index contributed by atoms with van der Waals surface area (Å²) in [5, 5.41) is 8.97. The lowest BCUT2D eigenvalue weighted by atomic mass is 10.0. The first kappa shape index (κ1) is 11.9. The van der Waals surface area contributed by atoms with Crippen LogP contribution in [0.25, 0.3) is 0 Å². The zero-order valence-corrected chi connectivity index (χ0v) is 7.35. The van der Waals surface area contributed by atoms with Gasteiger partial charge in [-0.2, -0.15) is 13.2 Å². The van der Waals surface area contributed by atoms with Crippen molar-refractivity contribution in [2.45, 2.75) is 12.3 Å². The van der Waals surface area contributed by atoms with Crippen molar-refractivity contribution < 1.29 is 27.1 Å².